The van der Waals surface area contributed by atoms with Gasteiger partial charge in [-0.2, -0.15) is 4.37 Å². The van der Waals surface area contributed by atoms with E-state index in [9.17, 15) is 0 Å². The second-order valence-electron chi connectivity index (χ2n) is 2.08. The van der Waals surface area contributed by atoms with Crippen LogP contribution in [0.3, 0.4) is 0 Å². The predicted octanol–water partition coefficient (Wildman–Crippen LogP) is 1.14. The minimum atomic E-state index is 0.592. The van der Waals surface area contributed by atoms with Gasteiger partial charge in [-0.15, -0.1) is 0 Å². The average Bonchev–Trinajstić information content (AvgIpc) is 2.74. The van der Waals surface area contributed by atoms with E-state index in [1.807, 2.05) is 0 Å². The van der Waals surface area contributed by atoms with Gasteiger partial charge < -0.3 is 9.84 Å². The van der Waals surface area contributed by atoms with Crippen molar-refractivity contribution in [2.75, 3.05) is 5.32 Å². The number of nitrogens with one attached hydrogen (secondary N) is 1. The lowest BCUT2D eigenvalue weighted by molar-refractivity contribution is 0.388. The van der Waals surface area contributed by atoms with Crippen LogP contribution in [0.25, 0.3) is 0 Å². The van der Waals surface area contributed by atoms with Crippen LogP contribution in [0.15, 0.2) is 23.1 Å². The molecule has 0 aromatic carbocycles. The van der Waals surface area contributed by atoms with Gasteiger partial charge in [-0.3, -0.25) is 0 Å². The van der Waals surface area contributed by atoms with Crippen molar-refractivity contribution in [2.45, 2.75) is 6.54 Å². The van der Waals surface area contributed by atoms with E-state index in [4.69, 9.17) is 4.52 Å². The first-order chi connectivity index (χ1) is 5.95. The Kier molecular flexibility index (Phi) is 2.00. The third-order valence-corrected chi connectivity index (χ3v) is 1.89. The van der Waals surface area contributed by atoms with E-state index in [1.54, 1.807) is 12.3 Å². The molecule has 0 amide bonds. The molecular formula is C6H6N4OS. The molecule has 2 rings (SSSR count). The van der Waals surface area contributed by atoms with Crippen molar-refractivity contribution in [3.63, 3.8) is 0 Å². The summed E-state index contributed by atoms with van der Waals surface area (Å²) >= 11 is 1.31. The summed E-state index contributed by atoms with van der Waals surface area (Å²) in [5.74, 6) is 0.783. The molecule has 2 aromatic rings. The maximum Gasteiger partial charge on any atom is 0.202 e. The van der Waals surface area contributed by atoms with Crippen LogP contribution in [-0.2, 0) is 6.54 Å². The van der Waals surface area contributed by atoms with Crippen molar-refractivity contribution < 1.29 is 4.52 Å². The van der Waals surface area contributed by atoms with E-state index in [0.717, 1.165) is 10.9 Å². The maximum atomic E-state index is 4.88. The van der Waals surface area contributed by atoms with Gasteiger partial charge in [0, 0.05) is 17.6 Å². The summed E-state index contributed by atoms with van der Waals surface area (Å²) in [6.45, 7) is 0.592. The summed E-state index contributed by atoms with van der Waals surface area (Å²) < 4.78 is 8.72. The number of anilines is 1. The third-order valence-electron chi connectivity index (χ3n) is 1.27. The molecule has 0 saturated carbocycles. The molecule has 6 heteroatoms. The van der Waals surface area contributed by atoms with Gasteiger partial charge in [0.25, 0.3) is 0 Å². The van der Waals surface area contributed by atoms with E-state index in [2.05, 4.69) is 19.8 Å². The van der Waals surface area contributed by atoms with Gasteiger partial charge in [-0.1, -0.05) is 5.16 Å². The fraction of sp³-hybridized carbons (Fsp3) is 0.167. The molecular weight excluding hydrogens is 176 g/mol. The Morgan fingerprint density at radius 3 is 3.25 bits per heavy atom. The normalized spacial score (nSPS) is 10.0. The molecule has 2 aromatic heterocycles. The molecule has 0 aliphatic rings. The van der Waals surface area contributed by atoms with Crippen LogP contribution in [0.1, 0.15) is 5.76 Å². The van der Waals surface area contributed by atoms with Gasteiger partial charge in [-0.25, -0.2) is 4.98 Å². The Morgan fingerprint density at radius 1 is 1.58 bits per heavy atom. The van der Waals surface area contributed by atoms with Crippen LogP contribution >= 0.6 is 11.5 Å². The van der Waals surface area contributed by atoms with Gasteiger partial charge in [0.15, 0.2) is 5.76 Å². The minimum Gasteiger partial charge on any atom is -0.360 e. The molecule has 0 spiro atoms. The molecule has 0 aliphatic heterocycles. The van der Waals surface area contributed by atoms with Crippen LogP contribution in [0.5, 0.6) is 0 Å². The number of nitrogens with zero attached hydrogens (tertiary/aromatic N) is 3. The van der Waals surface area contributed by atoms with Crippen LogP contribution < -0.4 is 5.32 Å². The number of aromatic nitrogens is 3. The second-order valence-corrected chi connectivity index (χ2v) is 2.86. The van der Waals surface area contributed by atoms with Crippen LogP contribution in [-0.4, -0.2) is 14.5 Å². The number of rotatable bonds is 3. The van der Waals surface area contributed by atoms with Crippen molar-refractivity contribution in [3.05, 3.63) is 24.4 Å². The molecule has 0 fully saturated rings. The molecule has 0 atom stereocenters. The van der Waals surface area contributed by atoms with Gasteiger partial charge in [-0.05, 0) is 0 Å². The summed E-state index contributed by atoms with van der Waals surface area (Å²) in [6.07, 6.45) is 3.12. The molecule has 1 N–H and O–H groups in total. The van der Waals surface area contributed by atoms with Crippen molar-refractivity contribution in [3.8, 4) is 0 Å². The molecule has 62 valence electrons. The highest BCUT2D eigenvalue weighted by atomic mass is 32.1. The lowest BCUT2D eigenvalue weighted by Gasteiger charge is -1.95. The van der Waals surface area contributed by atoms with E-state index in [0.29, 0.717) is 6.54 Å². The summed E-state index contributed by atoms with van der Waals surface area (Å²) in [7, 11) is 0. The van der Waals surface area contributed by atoms with Gasteiger partial charge in [0.05, 0.1) is 12.7 Å². The van der Waals surface area contributed by atoms with Crippen LogP contribution in [0, 0.1) is 0 Å². The maximum absolute atomic E-state index is 4.88. The van der Waals surface area contributed by atoms with Gasteiger partial charge in [0.1, 0.15) is 6.33 Å². The molecule has 12 heavy (non-hydrogen) atoms. The van der Waals surface area contributed by atoms with Crippen molar-refractivity contribution in [2.24, 2.45) is 0 Å². The highest BCUT2D eigenvalue weighted by Gasteiger charge is 1.98. The zero-order valence-electron chi connectivity index (χ0n) is 6.10. The van der Waals surface area contributed by atoms with E-state index in [-0.39, 0.29) is 0 Å². The summed E-state index contributed by atoms with van der Waals surface area (Å²) in [4.78, 5) is 3.95. The SMILES string of the molecule is c1cc(CNc2ncns2)on1. The monoisotopic (exact) mass is 182 g/mol. The topological polar surface area (TPSA) is 63.8 Å². The smallest absolute Gasteiger partial charge is 0.202 e. The van der Waals surface area contributed by atoms with Crippen molar-refractivity contribution in [1.82, 2.24) is 14.5 Å². The number of hydrogen-bond donors (Lipinski definition) is 1. The highest BCUT2D eigenvalue weighted by molar-refractivity contribution is 7.09. The highest BCUT2D eigenvalue weighted by Crippen LogP contribution is 2.08. The number of hydrogen-bond acceptors (Lipinski definition) is 6. The second kappa shape index (κ2) is 3.31. The summed E-state index contributed by atoms with van der Waals surface area (Å²) in [5, 5.41) is 7.40. The molecule has 2 heterocycles. The van der Waals surface area contributed by atoms with Crippen LogP contribution in [0.4, 0.5) is 5.13 Å². The van der Waals surface area contributed by atoms with Crippen LogP contribution in [0.2, 0.25) is 0 Å². The first-order valence-electron chi connectivity index (χ1n) is 3.35. The molecule has 0 radical (unpaired) electrons. The first-order valence-corrected chi connectivity index (χ1v) is 4.12. The predicted molar refractivity (Wildman–Crippen MR) is 43.7 cm³/mol. The largest absolute Gasteiger partial charge is 0.360 e. The Labute approximate surface area is 72.6 Å². The van der Waals surface area contributed by atoms with Crippen molar-refractivity contribution in [1.29, 1.82) is 0 Å². The lowest BCUT2D eigenvalue weighted by atomic mass is 10.5. The van der Waals surface area contributed by atoms with Gasteiger partial charge >= 0.3 is 0 Å². The zero-order chi connectivity index (χ0) is 8.23. The first kappa shape index (κ1) is 7.23. The van der Waals surface area contributed by atoms with E-state index in [1.165, 1.54) is 17.9 Å². The Hall–Kier alpha value is -1.43. The van der Waals surface area contributed by atoms with E-state index >= 15 is 0 Å². The Balaban J connectivity index is 1.91. The standard InChI is InChI=1S/C6H6N4OS/c1-2-9-11-5(1)3-7-6-8-4-10-12-6/h1-2,4H,3H2,(H,7,8,10). The fourth-order valence-electron chi connectivity index (χ4n) is 0.747. The zero-order valence-corrected chi connectivity index (χ0v) is 6.91. The minimum absolute atomic E-state index is 0.592. The Morgan fingerprint density at radius 2 is 2.58 bits per heavy atom. The average molecular weight is 182 g/mol. The molecule has 0 bridgehead atoms. The molecule has 5 nitrogen and oxygen atoms in total. The molecule has 0 aliphatic carbocycles. The lowest BCUT2D eigenvalue weighted by Crippen LogP contribution is -1.96. The molecule has 0 unspecified atom stereocenters. The molecule has 0 saturated heterocycles. The summed E-state index contributed by atoms with van der Waals surface area (Å²) in [6, 6.07) is 1.80. The quantitative estimate of drug-likeness (QED) is 0.771. The Bertz CT molecular complexity index is 283. The van der Waals surface area contributed by atoms with Crippen molar-refractivity contribution >= 4 is 16.7 Å². The van der Waals surface area contributed by atoms with Gasteiger partial charge in [0.2, 0.25) is 5.13 Å². The third kappa shape index (κ3) is 1.59. The summed E-state index contributed by atoms with van der Waals surface area (Å²) in [5.41, 5.74) is 0. The fourth-order valence-corrected chi connectivity index (χ4v) is 1.17. The van der Waals surface area contributed by atoms with E-state index < -0.39 is 0 Å².